The Morgan fingerprint density at radius 3 is 2.48 bits per heavy atom. The Morgan fingerprint density at radius 1 is 1.07 bits per heavy atom. The molecule has 8 heteroatoms. The number of carbonyl (C=O) groups is 1. The van der Waals surface area contributed by atoms with Crippen LogP contribution in [0.1, 0.15) is 17.9 Å². The zero-order valence-electron chi connectivity index (χ0n) is 14.2. The van der Waals surface area contributed by atoms with Gasteiger partial charge in [0.05, 0.1) is 4.90 Å². The average molecular weight is 399 g/mol. The van der Waals surface area contributed by atoms with Crippen molar-refractivity contribution < 1.29 is 13.2 Å². The Morgan fingerprint density at radius 2 is 1.81 bits per heavy atom. The first-order chi connectivity index (χ1) is 13.0. The molecule has 138 valence electrons. The molecule has 2 aromatic carbocycles. The first kappa shape index (κ1) is 17.7. The molecule has 0 radical (unpaired) electrons. The van der Waals surface area contributed by atoms with Crippen LogP contribution in [-0.4, -0.2) is 19.3 Å². The van der Waals surface area contributed by atoms with Crippen LogP contribution in [0.2, 0.25) is 0 Å². The molecular weight excluding hydrogens is 382 g/mol. The normalized spacial score (nSPS) is 18.7. The van der Waals surface area contributed by atoms with Gasteiger partial charge in [0.25, 0.3) is 10.0 Å². The van der Waals surface area contributed by atoms with Gasteiger partial charge in [0.2, 0.25) is 5.91 Å². The summed E-state index contributed by atoms with van der Waals surface area (Å²) < 4.78 is 27.1. The van der Waals surface area contributed by atoms with Crippen LogP contribution in [0.4, 0.5) is 10.8 Å². The second kappa shape index (κ2) is 7.13. The van der Waals surface area contributed by atoms with Crippen molar-refractivity contribution in [1.29, 1.82) is 0 Å². The number of benzene rings is 2. The van der Waals surface area contributed by atoms with Gasteiger partial charge in [-0.15, -0.1) is 11.3 Å². The number of amides is 1. The first-order valence-corrected chi connectivity index (χ1v) is 10.8. The van der Waals surface area contributed by atoms with Crippen LogP contribution in [0, 0.1) is 5.92 Å². The standard InChI is InChI=1S/C19H17N3O3S2/c23-18(17-12-16(17)13-4-2-1-3-5-13)21-14-6-8-15(9-7-14)27(24,25)22-19-20-10-11-26-19/h1-11,16-17H,12H2,(H,20,22)(H,21,23)/t16-,17+/m0/s1. The summed E-state index contributed by atoms with van der Waals surface area (Å²) in [5.74, 6) is 0.177. The molecule has 0 spiro atoms. The highest BCUT2D eigenvalue weighted by Gasteiger charge is 2.43. The molecule has 27 heavy (non-hydrogen) atoms. The molecule has 1 fully saturated rings. The molecule has 1 amide bonds. The van der Waals surface area contributed by atoms with E-state index in [0.29, 0.717) is 10.8 Å². The zero-order chi connectivity index (χ0) is 18.9. The van der Waals surface area contributed by atoms with Crippen LogP contribution in [0.5, 0.6) is 0 Å². The molecule has 1 heterocycles. The van der Waals surface area contributed by atoms with E-state index in [4.69, 9.17) is 0 Å². The minimum absolute atomic E-state index is 0.0395. The second-order valence-electron chi connectivity index (χ2n) is 6.32. The maximum absolute atomic E-state index is 12.4. The summed E-state index contributed by atoms with van der Waals surface area (Å²) in [7, 11) is -3.69. The van der Waals surface area contributed by atoms with Gasteiger partial charge in [-0.3, -0.25) is 9.52 Å². The summed E-state index contributed by atoms with van der Waals surface area (Å²) in [6, 6.07) is 16.1. The van der Waals surface area contributed by atoms with Gasteiger partial charge in [-0.25, -0.2) is 13.4 Å². The van der Waals surface area contributed by atoms with Gasteiger partial charge in [-0.2, -0.15) is 0 Å². The van der Waals surface area contributed by atoms with Crippen molar-refractivity contribution in [1.82, 2.24) is 4.98 Å². The highest BCUT2D eigenvalue weighted by atomic mass is 32.2. The van der Waals surface area contributed by atoms with E-state index in [1.807, 2.05) is 30.3 Å². The Kier molecular flexibility index (Phi) is 4.67. The molecule has 2 N–H and O–H groups in total. The quantitative estimate of drug-likeness (QED) is 0.662. The number of anilines is 2. The molecule has 1 aromatic heterocycles. The summed E-state index contributed by atoms with van der Waals surface area (Å²) in [5.41, 5.74) is 1.75. The molecule has 4 rings (SSSR count). The van der Waals surface area contributed by atoms with Crippen LogP contribution in [0.3, 0.4) is 0 Å². The lowest BCUT2D eigenvalue weighted by atomic mass is 10.1. The lowest BCUT2D eigenvalue weighted by molar-refractivity contribution is -0.117. The van der Waals surface area contributed by atoms with Crippen LogP contribution in [-0.2, 0) is 14.8 Å². The van der Waals surface area contributed by atoms with Crippen molar-refractivity contribution in [3.8, 4) is 0 Å². The molecule has 1 aliphatic rings. The SMILES string of the molecule is O=C(Nc1ccc(S(=O)(=O)Nc2nccs2)cc1)[C@@H]1C[C@H]1c1ccccc1. The third-order valence-electron chi connectivity index (χ3n) is 4.44. The van der Waals surface area contributed by atoms with Gasteiger partial charge in [-0.05, 0) is 42.2 Å². The van der Waals surface area contributed by atoms with Gasteiger partial charge in [0.1, 0.15) is 0 Å². The molecule has 0 unspecified atom stereocenters. The minimum Gasteiger partial charge on any atom is -0.326 e. The van der Waals surface area contributed by atoms with Gasteiger partial charge < -0.3 is 5.32 Å². The predicted octanol–water partition coefficient (Wildman–Crippen LogP) is 3.69. The Bertz CT molecular complexity index is 1030. The van der Waals surface area contributed by atoms with Crippen LogP contribution in [0.25, 0.3) is 0 Å². The Labute approximate surface area is 161 Å². The molecule has 0 aliphatic heterocycles. The summed E-state index contributed by atoms with van der Waals surface area (Å²) in [5, 5.41) is 4.87. The van der Waals surface area contributed by atoms with Crippen molar-refractivity contribution in [2.75, 3.05) is 10.0 Å². The summed E-state index contributed by atoms with van der Waals surface area (Å²) in [6.07, 6.45) is 2.36. The highest BCUT2D eigenvalue weighted by molar-refractivity contribution is 7.93. The number of aromatic nitrogens is 1. The number of hydrogen-bond donors (Lipinski definition) is 2. The van der Waals surface area contributed by atoms with Crippen molar-refractivity contribution in [3.63, 3.8) is 0 Å². The van der Waals surface area contributed by atoms with Gasteiger partial charge >= 0.3 is 0 Å². The molecule has 2 atom stereocenters. The van der Waals surface area contributed by atoms with Crippen molar-refractivity contribution in [3.05, 3.63) is 71.7 Å². The Balaban J connectivity index is 1.39. The van der Waals surface area contributed by atoms with Crippen LogP contribution in [0.15, 0.2) is 71.1 Å². The van der Waals surface area contributed by atoms with Crippen LogP contribution < -0.4 is 10.0 Å². The molecule has 0 bridgehead atoms. The van der Waals surface area contributed by atoms with Crippen molar-refractivity contribution >= 4 is 38.1 Å². The van der Waals surface area contributed by atoms with Crippen LogP contribution >= 0.6 is 11.3 Å². The number of rotatable bonds is 6. The molecule has 3 aromatic rings. The number of thiazole rings is 1. The largest absolute Gasteiger partial charge is 0.326 e. The molecule has 6 nitrogen and oxygen atoms in total. The van der Waals surface area contributed by atoms with E-state index >= 15 is 0 Å². The van der Waals surface area contributed by atoms with E-state index in [-0.39, 0.29) is 22.6 Å². The first-order valence-electron chi connectivity index (χ1n) is 8.41. The predicted molar refractivity (Wildman–Crippen MR) is 105 cm³/mol. The van der Waals surface area contributed by atoms with E-state index in [9.17, 15) is 13.2 Å². The summed E-state index contributed by atoms with van der Waals surface area (Å²) in [4.78, 5) is 16.4. The molecule has 1 aliphatic carbocycles. The summed E-state index contributed by atoms with van der Waals surface area (Å²) >= 11 is 1.21. The summed E-state index contributed by atoms with van der Waals surface area (Å²) in [6.45, 7) is 0. The third kappa shape index (κ3) is 4.01. The van der Waals surface area contributed by atoms with Gasteiger partial charge in [0, 0.05) is 23.2 Å². The fourth-order valence-electron chi connectivity index (χ4n) is 2.95. The zero-order valence-corrected chi connectivity index (χ0v) is 15.8. The van der Waals surface area contributed by atoms with E-state index in [1.54, 1.807) is 17.5 Å². The number of nitrogens with zero attached hydrogens (tertiary/aromatic N) is 1. The van der Waals surface area contributed by atoms with Gasteiger partial charge in [-0.1, -0.05) is 30.3 Å². The number of hydrogen-bond acceptors (Lipinski definition) is 5. The van der Waals surface area contributed by atoms with Crippen molar-refractivity contribution in [2.24, 2.45) is 5.92 Å². The number of sulfonamides is 1. The number of carbonyl (C=O) groups excluding carboxylic acids is 1. The minimum atomic E-state index is -3.69. The average Bonchev–Trinajstić information content (AvgIpc) is 3.33. The van der Waals surface area contributed by atoms with E-state index < -0.39 is 10.0 Å². The monoisotopic (exact) mass is 399 g/mol. The maximum atomic E-state index is 12.4. The number of nitrogens with one attached hydrogen (secondary N) is 2. The highest BCUT2D eigenvalue weighted by Crippen LogP contribution is 2.47. The fraction of sp³-hybridized carbons (Fsp3) is 0.158. The topological polar surface area (TPSA) is 88.2 Å². The fourth-order valence-corrected chi connectivity index (χ4v) is 4.74. The molecule has 0 saturated heterocycles. The van der Waals surface area contributed by atoms with E-state index in [0.717, 1.165) is 6.42 Å². The van der Waals surface area contributed by atoms with Gasteiger partial charge in [0.15, 0.2) is 5.13 Å². The molecular formula is C19H17N3O3S2. The third-order valence-corrected chi connectivity index (χ3v) is 6.61. The van der Waals surface area contributed by atoms with E-state index in [1.165, 1.54) is 35.2 Å². The van der Waals surface area contributed by atoms with E-state index in [2.05, 4.69) is 15.0 Å². The second-order valence-corrected chi connectivity index (χ2v) is 8.89. The Hall–Kier alpha value is -2.71. The molecule has 1 saturated carbocycles. The smallest absolute Gasteiger partial charge is 0.263 e. The lowest BCUT2D eigenvalue weighted by Gasteiger charge is -2.08. The van der Waals surface area contributed by atoms with Crippen molar-refractivity contribution in [2.45, 2.75) is 17.2 Å². The maximum Gasteiger partial charge on any atom is 0.263 e. The lowest BCUT2D eigenvalue weighted by Crippen LogP contribution is -2.15.